The zero-order valence-electron chi connectivity index (χ0n) is 10.7. The summed E-state index contributed by atoms with van der Waals surface area (Å²) >= 11 is 2.12. The quantitative estimate of drug-likeness (QED) is 0.592. The predicted molar refractivity (Wildman–Crippen MR) is 81.1 cm³/mol. The number of benzene rings is 1. The Labute approximate surface area is 126 Å². The van der Waals surface area contributed by atoms with Crippen LogP contribution in [-0.2, 0) is 4.79 Å². The van der Waals surface area contributed by atoms with Crippen molar-refractivity contribution < 1.29 is 14.3 Å². The Bertz CT molecular complexity index is 438. The van der Waals surface area contributed by atoms with Crippen LogP contribution < -0.4 is 15.4 Å². The number of nitrogens with one attached hydrogen (secondary N) is 2. The first kappa shape index (κ1) is 15.7. The Morgan fingerprint density at radius 1 is 1.32 bits per heavy atom. The van der Waals surface area contributed by atoms with Crippen LogP contribution in [0.2, 0.25) is 0 Å². The smallest absolute Gasteiger partial charge is 0.321 e. The number of unbranched alkanes of at least 4 members (excludes halogenated alkanes) is 1. The molecule has 0 spiro atoms. The van der Waals surface area contributed by atoms with Crippen LogP contribution >= 0.6 is 22.6 Å². The summed E-state index contributed by atoms with van der Waals surface area (Å²) in [5.74, 6) is 0.165. The molecule has 19 heavy (non-hydrogen) atoms. The van der Waals surface area contributed by atoms with Gasteiger partial charge in [-0.25, -0.2) is 4.79 Å². The zero-order chi connectivity index (χ0) is 14.1. The fraction of sp³-hybridized carbons (Fsp3) is 0.385. The molecule has 1 aromatic carbocycles. The van der Waals surface area contributed by atoms with Crippen molar-refractivity contribution in [3.63, 3.8) is 0 Å². The lowest BCUT2D eigenvalue weighted by molar-refractivity contribution is -0.122. The largest absolute Gasteiger partial charge is 0.483 e. The molecule has 1 aromatic rings. The van der Waals surface area contributed by atoms with Crippen LogP contribution in [0.3, 0.4) is 0 Å². The predicted octanol–water partition coefficient (Wildman–Crippen LogP) is 2.30. The molecule has 0 saturated carbocycles. The lowest BCUT2D eigenvalue weighted by Gasteiger charge is -2.08. The molecule has 0 fully saturated rings. The summed E-state index contributed by atoms with van der Waals surface area (Å²) < 4.78 is 6.24. The summed E-state index contributed by atoms with van der Waals surface area (Å²) in [6.45, 7) is 2.41. The second-order valence-electron chi connectivity index (χ2n) is 3.88. The van der Waals surface area contributed by atoms with Gasteiger partial charge in [0.25, 0.3) is 5.91 Å². The van der Waals surface area contributed by atoms with Crippen LogP contribution in [0.15, 0.2) is 24.3 Å². The summed E-state index contributed by atoms with van der Waals surface area (Å²) in [7, 11) is 0. The summed E-state index contributed by atoms with van der Waals surface area (Å²) in [5.41, 5.74) is 0. The van der Waals surface area contributed by atoms with E-state index in [1.54, 1.807) is 6.07 Å². The fourth-order valence-corrected chi connectivity index (χ4v) is 1.83. The maximum Gasteiger partial charge on any atom is 0.321 e. The number of ether oxygens (including phenoxy) is 1. The van der Waals surface area contributed by atoms with Crippen molar-refractivity contribution in [2.75, 3.05) is 13.2 Å². The highest BCUT2D eigenvalue weighted by molar-refractivity contribution is 14.1. The maximum absolute atomic E-state index is 11.5. The number of hydrogen-bond acceptors (Lipinski definition) is 3. The Morgan fingerprint density at radius 2 is 2.05 bits per heavy atom. The van der Waals surface area contributed by atoms with Gasteiger partial charge in [0.05, 0.1) is 3.57 Å². The number of imide groups is 1. The van der Waals surface area contributed by atoms with Crippen LogP contribution in [0.25, 0.3) is 0 Å². The molecule has 0 aliphatic rings. The van der Waals surface area contributed by atoms with Gasteiger partial charge in [0.2, 0.25) is 0 Å². The molecule has 0 aliphatic carbocycles. The minimum atomic E-state index is -0.482. The van der Waals surface area contributed by atoms with Gasteiger partial charge in [-0.2, -0.15) is 0 Å². The lowest BCUT2D eigenvalue weighted by Crippen LogP contribution is -2.41. The monoisotopic (exact) mass is 376 g/mol. The number of halogens is 1. The lowest BCUT2D eigenvalue weighted by atomic mass is 10.3. The molecule has 0 aromatic heterocycles. The normalized spacial score (nSPS) is 9.79. The highest BCUT2D eigenvalue weighted by Crippen LogP contribution is 2.19. The molecule has 2 N–H and O–H groups in total. The molecule has 0 aliphatic heterocycles. The van der Waals surface area contributed by atoms with Crippen LogP contribution in [0.1, 0.15) is 19.8 Å². The number of urea groups is 1. The standard InChI is InChI=1S/C13H17IN2O3/c1-2-3-8-15-13(18)16-12(17)9-19-11-7-5-4-6-10(11)14/h4-7H,2-3,8-9H2,1H3,(H2,15,16,17,18). The molecule has 104 valence electrons. The van der Waals surface area contributed by atoms with E-state index in [2.05, 4.69) is 33.2 Å². The molecule has 0 unspecified atom stereocenters. The molecular weight excluding hydrogens is 359 g/mol. The SMILES string of the molecule is CCCCNC(=O)NC(=O)COc1ccccc1I. The van der Waals surface area contributed by atoms with Gasteiger partial charge in [-0.3, -0.25) is 10.1 Å². The van der Waals surface area contributed by atoms with Gasteiger partial charge < -0.3 is 10.1 Å². The van der Waals surface area contributed by atoms with Crippen molar-refractivity contribution in [3.8, 4) is 5.75 Å². The number of para-hydroxylation sites is 1. The molecule has 6 heteroatoms. The van der Waals surface area contributed by atoms with Crippen molar-refractivity contribution in [1.29, 1.82) is 0 Å². The molecule has 1 rings (SSSR count). The van der Waals surface area contributed by atoms with E-state index in [0.29, 0.717) is 12.3 Å². The topological polar surface area (TPSA) is 67.4 Å². The molecule has 5 nitrogen and oxygen atoms in total. The molecular formula is C13H17IN2O3. The Balaban J connectivity index is 2.28. The first-order valence-corrected chi connectivity index (χ1v) is 7.16. The fourth-order valence-electron chi connectivity index (χ4n) is 1.29. The van der Waals surface area contributed by atoms with E-state index in [1.165, 1.54) is 0 Å². The first-order chi connectivity index (χ1) is 9.13. The van der Waals surface area contributed by atoms with Gasteiger partial charge in [-0.1, -0.05) is 25.5 Å². The average Bonchev–Trinajstić information content (AvgIpc) is 2.38. The van der Waals surface area contributed by atoms with E-state index in [4.69, 9.17) is 4.74 Å². The summed E-state index contributed by atoms with van der Waals surface area (Å²) in [5, 5.41) is 4.81. The number of carbonyl (C=O) groups excluding carboxylic acids is 2. The van der Waals surface area contributed by atoms with Crippen molar-refractivity contribution in [2.45, 2.75) is 19.8 Å². The molecule has 0 radical (unpaired) electrons. The van der Waals surface area contributed by atoms with Gasteiger partial charge in [0.1, 0.15) is 5.75 Å². The van der Waals surface area contributed by atoms with E-state index in [-0.39, 0.29) is 6.61 Å². The Hall–Kier alpha value is -1.31. The Kier molecular flexibility index (Phi) is 7.24. The summed E-state index contributed by atoms with van der Waals surface area (Å²) in [6.07, 6.45) is 1.88. The number of amides is 3. The molecule has 0 atom stereocenters. The Morgan fingerprint density at radius 3 is 2.74 bits per heavy atom. The zero-order valence-corrected chi connectivity index (χ0v) is 12.9. The van der Waals surface area contributed by atoms with Crippen LogP contribution in [0.5, 0.6) is 5.75 Å². The van der Waals surface area contributed by atoms with E-state index >= 15 is 0 Å². The number of rotatable bonds is 6. The van der Waals surface area contributed by atoms with Crippen molar-refractivity contribution in [3.05, 3.63) is 27.8 Å². The van der Waals surface area contributed by atoms with Crippen molar-refractivity contribution >= 4 is 34.5 Å². The van der Waals surface area contributed by atoms with E-state index in [0.717, 1.165) is 16.4 Å². The molecule has 3 amide bonds. The summed E-state index contributed by atoms with van der Waals surface area (Å²) in [6, 6.07) is 6.88. The third-order valence-electron chi connectivity index (χ3n) is 2.26. The number of carbonyl (C=O) groups is 2. The van der Waals surface area contributed by atoms with Crippen LogP contribution in [0, 0.1) is 3.57 Å². The third kappa shape index (κ3) is 6.42. The summed E-state index contributed by atoms with van der Waals surface area (Å²) in [4.78, 5) is 22.8. The molecule has 0 bridgehead atoms. The van der Waals surface area contributed by atoms with Crippen molar-refractivity contribution in [2.24, 2.45) is 0 Å². The second-order valence-corrected chi connectivity index (χ2v) is 5.04. The molecule has 0 saturated heterocycles. The number of hydrogen-bond donors (Lipinski definition) is 2. The van der Waals surface area contributed by atoms with Crippen LogP contribution in [-0.4, -0.2) is 25.1 Å². The van der Waals surface area contributed by atoms with Gasteiger partial charge in [0.15, 0.2) is 6.61 Å². The maximum atomic E-state index is 11.5. The average molecular weight is 376 g/mol. The van der Waals surface area contributed by atoms with Gasteiger partial charge in [0, 0.05) is 6.54 Å². The molecule has 0 heterocycles. The van der Waals surface area contributed by atoms with Gasteiger partial charge in [-0.05, 0) is 41.1 Å². The van der Waals surface area contributed by atoms with Gasteiger partial charge in [-0.15, -0.1) is 0 Å². The van der Waals surface area contributed by atoms with E-state index < -0.39 is 11.9 Å². The second kappa shape index (κ2) is 8.73. The third-order valence-corrected chi connectivity index (χ3v) is 3.16. The first-order valence-electron chi connectivity index (χ1n) is 6.08. The van der Waals surface area contributed by atoms with E-state index in [1.807, 2.05) is 25.1 Å². The highest BCUT2D eigenvalue weighted by Gasteiger charge is 2.08. The minimum absolute atomic E-state index is 0.179. The van der Waals surface area contributed by atoms with Crippen LogP contribution in [0.4, 0.5) is 4.79 Å². The van der Waals surface area contributed by atoms with E-state index in [9.17, 15) is 9.59 Å². The minimum Gasteiger partial charge on any atom is -0.483 e. The van der Waals surface area contributed by atoms with Crippen molar-refractivity contribution in [1.82, 2.24) is 10.6 Å². The van der Waals surface area contributed by atoms with Gasteiger partial charge >= 0.3 is 6.03 Å². The highest BCUT2D eigenvalue weighted by atomic mass is 127.